The van der Waals surface area contributed by atoms with E-state index in [4.69, 9.17) is 4.74 Å². The summed E-state index contributed by atoms with van der Waals surface area (Å²) in [6, 6.07) is 1.94. The molecule has 0 aromatic carbocycles. The van der Waals surface area contributed by atoms with E-state index in [-0.39, 0.29) is 62.4 Å². The van der Waals surface area contributed by atoms with Crippen molar-refractivity contribution in [2.24, 2.45) is 5.41 Å². The number of hydrogen-bond donors (Lipinski definition) is 3. The molecule has 3 rings (SSSR count). The number of ether oxygens (including phenoxy) is 1. The number of rotatable bonds is 6. The first-order valence-electron chi connectivity index (χ1n) is 8.75. The maximum absolute atomic E-state index is 12.6. The van der Waals surface area contributed by atoms with E-state index in [9.17, 15) is 28.2 Å². The molecule has 0 bridgehead atoms. The van der Waals surface area contributed by atoms with E-state index in [1.165, 1.54) is 18.6 Å². The Balaban J connectivity index is 0.00000240. The molecular formula is C18H21Cl2F3N4O4. The van der Waals surface area contributed by atoms with Gasteiger partial charge in [0.1, 0.15) is 5.69 Å². The monoisotopic (exact) mass is 484 g/mol. The van der Waals surface area contributed by atoms with Gasteiger partial charge in [0.25, 0.3) is 5.91 Å². The van der Waals surface area contributed by atoms with E-state index in [2.05, 4.69) is 20.3 Å². The lowest BCUT2D eigenvalue weighted by atomic mass is 9.86. The Bertz CT molecular complexity index is 834. The van der Waals surface area contributed by atoms with Gasteiger partial charge in [-0.05, 0) is 18.9 Å². The Labute approximate surface area is 188 Å². The summed E-state index contributed by atoms with van der Waals surface area (Å²) < 4.78 is 43.4. The number of nitrogens with one attached hydrogen (secondary N) is 1. The molecule has 0 aliphatic heterocycles. The van der Waals surface area contributed by atoms with Crippen molar-refractivity contribution in [3.63, 3.8) is 0 Å². The smallest absolute Gasteiger partial charge is 0.417 e. The molecule has 1 saturated carbocycles. The van der Waals surface area contributed by atoms with Crippen LogP contribution in [0.2, 0.25) is 0 Å². The Kier molecular flexibility index (Phi) is 9.43. The molecule has 0 spiro atoms. The summed E-state index contributed by atoms with van der Waals surface area (Å²) in [5.74, 6) is -0.519. The molecule has 1 aliphatic rings. The molecule has 1 aliphatic carbocycles. The van der Waals surface area contributed by atoms with Crippen LogP contribution < -0.4 is 10.1 Å². The van der Waals surface area contributed by atoms with Crippen LogP contribution in [-0.4, -0.2) is 56.4 Å². The molecule has 2 heterocycles. The fraction of sp³-hybridized carbons (Fsp3) is 0.444. The van der Waals surface area contributed by atoms with E-state index in [1.54, 1.807) is 0 Å². The van der Waals surface area contributed by atoms with Crippen LogP contribution >= 0.6 is 24.8 Å². The first-order chi connectivity index (χ1) is 13.7. The number of carbonyl (C=O) groups excluding carboxylic acids is 1. The summed E-state index contributed by atoms with van der Waals surface area (Å²) in [6.07, 6.45) is -1.50. The number of nitrogens with zero attached hydrogens (tertiary/aromatic N) is 3. The topological polar surface area (TPSA) is 117 Å². The van der Waals surface area contributed by atoms with Gasteiger partial charge < -0.3 is 20.3 Å². The third-order valence-electron chi connectivity index (χ3n) is 4.74. The van der Waals surface area contributed by atoms with Crippen molar-refractivity contribution in [3.05, 3.63) is 48.2 Å². The van der Waals surface area contributed by atoms with Crippen molar-refractivity contribution in [2.75, 3.05) is 13.2 Å². The zero-order valence-corrected chi connectivity index (χ0v) is 17.6. The van der Waals surface area contributed by atoms with Gasteiger partial charge in [-0.25, -0.2) is 9.97 Å². The molecule has 0 radical (unpaired) electrons. The lowest BCUT2D eigenvalue weighted by molar-refractivity contribution is -0.137. The third kappa shape index (κ3) is 6.89. The van der Waals surface area contributed by atoms with Crippen LogP contribution in [0.4, 0.5) is 13.2 Å². The van der Waals surface area contributed by atoms with E-state index in [0.29, 0.717) is 6.20 Å². The highest BCUT2D eigenvalue weighted by molar-refractivity contribution is 5.91. The number of aromatic nitrogens is 3. The molecule has 3 N–H and O–H groups in total. The number of carbonyl (C=O) groups is 1. The second-order valence-electron chi connectivity index (χ2n) is 6.99. The van der Waals surface area contributed by atoms with Crippen molar-refractivity contribution >= 4 is 30.7 Å². The largest absolute Gasteiger partial charge is 0.477 e. The Morgan fingerprint density at radius 3 is 2.32 bits per heavy atom. The van der Waals surface area contributed by atoms with Crippen LogP contribution in [0.3, 0.4) is 0 Å². The van der Waals surface area contributed by atoms with E-state index < -0.39 is 35.3 Å². The summed E-state index contributed by atoms with van der Waals surface area (Å²) in [6.45, 7) is -0.0165. The number of halogens is 5. The standard InChI is InChI=1S/C18H19F3N4O4.2ClH/c19-18(20,21)11-1-2-15(24-7-11)29-10-17(5-13(26)14(27)6-17)9-25-16(28)12-8-22-3-4-23-12;;/h1-4,7-8,13-14,26-27H,5-6,9-10H2,(H,25,28);2*1H/t13-,14+,17?;;. The number of alkyl halides is 3. The average molecular weight is 485 g/mol. The van der Waals surface area contributed by atoms with Gasteiger partial charge in [0.2, 0.25) is 5.88 Å². The summed E-state index contributed by atoms with van der Waals surface area (Å²) in [5, 5.41) is 22.6. The van der Waals surface area contributed by atoms with E-state index in [1.807, 2.05) is 0 Å². The summed E-state index contributed by atoms with van der Waals surface area (Å²) in [5.41, 5.74) is -1.63. The molecule has 2 aromatic heterocycles. The molecule has 13 heteroatoms. The molecule has 2 aromatic rings. The molecule has 1 fully saturated rings. The maximum Gasteiger partial charge on any atom is 0.417 e. The predicted molar refractivity (Wildman–Crippen MR) is 107 cm³/mol. The molecule has 8 nitrogen and oxygen atoms in total. The number of pyridine rings is 1. The van der Waals surface area contributed by atoms with Gasteiger partial charge in [-0.3, -0.25) is 9.78 Å². The van der Waals surface area contributed by atoms with Gasteiger partial charge in [0.05, 0.1) is 30.6 Å². The SMILES string of the molecule is Cl.Cl.O=C(NCC1(COc2ccc(C(F)(F)F)cn2)C[C@@H](O)[C@@H](O)C1)c1cnccn1. The van der Waals surface area contributed by atoms with Gasteiger partial charge >= 0.3 is 6.18 Å². The van der Waals surface area contributed by atoms with Crippen molar-refractivity contribution in [1.29, 1.82) is 0 Å². The van der Waals surface area contributed by atoms with Crippen LogP contribution in [0.25, 0.3) is 0 Å². The van der Waals surface area contributed by atoms with Crippen molar-refractivity contribution in [1.82, 2.24) is 20.3 Å². The first-order valence-corrected chi connectivity index (χ1v) is 8.75. The molecule has 3 atom stereocenters. The lowest BCUT2D eigenvalue weighted by Gasteiger charge is -2.29. The zero-order valence-electron chi connectivity index (χ0n) is 16.0. The third-order valence-corrected chi connectivity index (χ3v) is 4.74. The number of hydrogen-bond acceptors (Lipinski definition) is 7. The summed E-state index contributed by atoms with van der Waals surface area (Å²) in [4.78, 5) is 23.6. The fourth-order valence-electron chi connectivity index (χ4n) is 3.19. The van der Waals surface area contributed by atoms with Gasteiger partial charge in [-0.15, -0.1) is 24.8 Å². The molecular weight excluding hydrogens is 464 g/mol. The molecule has 0 saturated heterocycles. The minimum absolute atomic E-state index is 0. The van der Waals surface area contributed by atoms with Crippen molar-refractivity contribution < 1.29 is 32.9 Å². The Hall–Kier alpha value is -2.21. The van der Waals surface area contributed by atoms with Crippen molar-refractivity contribution in [2.45, 2.75) is 31.2 Å². The Morgan fingerprint density at radius 1 is 1.13 bits per heavy atom. The van der Waals surface area contributed by atoms with Crippen LogP contribution in [0.1, 0.15) is 28.9 Å². The summed E-state index contributed by atoms with van der Waals surface area (Å²) >= 11 is 0. The molecule has 1 amide bonds. The lowest BCUT2D eigenvalue weighted by Crippen LogP contribution is -2.41. The molecule has 31 heavy (non-hydrogen) atoms. The normalized spacial score (nSPS) is 22.7. The van der Waals surface area contributed by atoms with Crippen LogP contribution in [-0.2, 0) is 6.18 Å². The second-order valence-corrected chi connectivity index (χ2v) is 6.99. The number of amides is 1. The minimum Gasteiger partial charge on any atom is -0.477 e. The highest BCUT2D eigenvalue weighted by Gasteiger charge is 2.45. The average Bonchev–Trinajstić information content (AvgIpc) is 2.99. The van der Waals surface area contributed by atoms with Gasteiger partial charge in [0.15, 0.2) is 0 Å². The predicted octanol–water partition coefficient (Wildman–Crippen LogP) is 2.04. The quantitative estimate of drug-likeness (QED) is 0.574. The van der Waals surface area contributed by atoms with Gasteiger partial charge in [-0.2, -0.15) is 13.2 Å². The highest BCUT2D eigenvalue weighted by atomic mass is 35.5. The first kappa shape index (κ1) is 26.8. The van der Waals surface area contributed by atoms with Crippen LogP contribution in [0.5, 0.6) is 5.88 Å². The number of aliphatic hydroxyl groups is 2. The molecule has 172 valence electrons. The number of aliphatic hydroxyl groups excluding tert-OH is 2. The van der Waals surface area contributed by atoms with E-state index in [0.717, 1.165) is 12.1 Å². The zero-order chi connectivity index (χ0) is 21.1. The summed E-state index contributed by atoms with van der Waals surface area (Å²) in [7, 11) is 0. The van der Waals surface area contributed by atoms with Crippen LogP contribution in [0, 0.1) is 5.41 Å². The van der Waals surface area contributed by atoms with Crippen molar-refractivity contribution in [3.8, 4) is 5.88 Å². The van der Waals surface area contributed by atoms with Gasteiger partial charge in [-0.1, -0.05) is 0 Å². The minimum atomic E-state index is -4.50. The maximum atomic E-state index is 12.6. The second kappa shape index (κ2) is 10.9. The van der Waals surface area contributed by atoms with Crippen LogP contribution in [0.15, 0.2) is 36.9 Å². The van der Waals surface area contributed by atoms with Gasteiger partial charge in [0, 0.05) is 36.6 Å². The Morgan fingerprint density at radius 2 is 1.81 bits per heavy atom. The fourth-order valence-corrected chi connectivity index (χ4v) is 3.19. The highest BCUT2D eigenvalue weighted by Crippen LogP contribution is 2.39. The molecule has 1 unspecified atom stereocenters. The van der Waals surface area contributed by atoms with E-state index >= 15 is 0 Å².